The summed E-state index contributed by atoms with van der Waals surface area (Å²) in [5.74, 6) is -0.179. The molecule has 1 aliphatic heterocycles. The molecule has 1 N–H and O–H groups in total. The predicted molar refractivity (Wildman–Crippen MR) is 75.6 cm³/mol. The molecule has 106 valence electrons. The Morgan fingerprint density at radius 2 is 2.00 bits per heavy atom. The fourth-order valence-electron chi connectivity index (χ4n) is 2.72. The summed E-state index contributed by atoms with van der Waals surface area (Å²) in [6.07, 6.45) is 1.95. The topological polar surface area (TPSA) is 21.3 Å². The van der Waals surface area contributed by atoms with Crippen molar-refractivity contribution < 1.29 is 9.13 Å². The maximum atomic E-state index is 13.9. The van der Waals surface area contributed by atoms with Crippen molar-refractivity contribution in [3.8, 4) is 0 Å². The van der Waals surface area contributed by atoms with Crippen molar-refractivity contribution in [1.29, 1.82) is 0 Å². The first-order valence-electron chi connectivity index (χ1n) is 7.21. The Kier molecular flexibility index (Phi) is 4.58. The molecule has 1 aliphatic rings. The van der Waals surface area contributed by atoms with Gasteiger partial charge in [0, 0.05) is 23.6 Å². The van der Waals surface area contributed by atoms with Gasteiger partial charge in [0.2, 0.25) is 0 Å². The van der Waals surface area contributed by atoms with Gasteiger partial charge < -0.3 is 10.1 Å². The van der Waals surface area contributed by atoms with Crippen LogP contribution in [-0.4, -0.2) is 19.2 Å². The van der Waals surface area contributed by atoms with E-state index in [1.807, 2.05) is 12.1 Å². The van der Waals surface area contributed by atoms with E-state index in [2.05, 4.69) is 26.1 Å². The largest absolute Gasteiger partial charge is 0.371 e. The maximum absolute atomic E-state index is 13.9. The fraction of sp³-hybridized carbons (Fsp3) is 0.625. The monoisotopic (exact) mass is 265 g/mol. The van der Waals surface area contributed by atoms with Crippen molar-refractivity contribution in [2.45, 2.75) is 45.8 Å². The van der Waals surface area contributed by atoms with Crippen LogP contribution in [0.4, 0.5) is 4.39 Å². The summed E-state index contributed by atoms with van der Waals surface area (Å²) < 4.78 is 20.0. The molecular formula is C16H24FNO. The van der Waals surface area contributed by atoms with Gasteiger partial charge in [0.15, 0.2) is 0 Å². The lowest BCUT2D eigenvalue weighted by atomic mass is 9.83. The Balaban J connectivity index is 2.22. The zero-order chi connectivity index (χ0) is 13.9. The standard InChI is InChI=1S/C16H24FNO/c1-4-16(5-2)10-18-12(3)15(19-11-16)13-8-6-7-9-14(13)17/h6-9,12,15,18H,4-5,10-11H2,1-3H3. The summed E-state index contributed by atoms with van der Waals surface area (Å²) in [7, 11) is 0. The molecule has 1 heterocycles. The summed E-state index contributed by atoms with van der Waals surface area (Å²) in [5.41, 5.74) is 0.833. The van der Waals surface area contributed by atoms with E-state index < -0.39 is 0 Å². The number of ether oxygens (including phenoxy) is 1. The number of hydrogen-bond donors (Lipinski definition) is 1. The lowest BCUT2D eigenvalue weighted by Crippen LogP contribution is -2.37. The molecule has 0 spiro atoms. The van der Waals surface area contributed by atoms with Crippen LogP contribution in [0.1, 0.15) is 45.3 Å². The van der Waals surface area contributed by atoms with Crippen molar-refractivity contribution in [1.82, 2.24) is 5.32 Å². The number of nitrogens with one attached hydrogen (secondary N) is 1. The average Bonchev–Trinajstić information content (AvgIpc) is 2.60. The van der Waals surface area contributed by atoms with Crippen LogP contribution in [0.2, 0.25) is 0 Å². The van der Waals surface area contributed by atoms with Crippen LogP contribution in [0.15, 0.2) is 24.3 Å². The Bertz CT molecular complexity index is 417. The average molecular weight is 265 g/mol. The molecule has 1 saturated heterocycles. The van der Waals surface area contributed by atoms with Gasteiger partial charge in [-0.2, -0.15) is 0 Å². The van der Waals surface area contributed by atoms with Crippen LogP contribution < -0.4 is 5.32 Å². The highest BCUT2D eigenvalue weighted by Gasteiger charge is 2.34. The van der Waals surface area contributed by atoms with Gasteiger partial charge in [-0.25, -0.2) is 4.39 Å². The SMILES string of the molecule is CCC1(CC)CNC(C)C(c2ccccc2F)OC1. The van der Waals surface area contributed by atoms with Crippen LogP contribution in [0.25, 0.3) is 0 Å². The highest BCUT2D eigenvalue weighted by Crippen LogP contribution is 2.34. The molecule has 0 saturated carbocycles. The van der Waals surface area contributed by atoms with Crippen molar-refractivity contribution in [3.63, 3.8) is 0 Å². The number of rotatable bonds is 3. The summed E-state index contributed by atoms with van der Waals surface area (Å²) in [6.45, 7) is 8.09. The highest BCUT2D eigenvalue weighted by molar-refractivity contribution is 5.21. The van der Waals surface area contributed by atoms with Gasteiger partial charge in [0.05, 0.1) is 6.61 Å². The first-order chi connectivity index (χ1) is 9.12. The molecular weight excluding hydrogens is 241 g/mol. The molecule has 0 bridgehead atoms. The van der Waals surface area contributed by atoms with Crippen LogP contribution in [0.5, 0.6) is 0 Å². The third-order valence-corrected chi connectivity index (χ3v) is 4.53. The third kappa shape index (κ3) is 2.98. The molecule has 1 fully saturated rings. The second-order valence-electron chi connectivity index (χ2n) is 5.63. The van der Waals surface area contributed by atoms with Gasteiger partial charge in [-0.15, -0.1) is 0 Å². The molecule has 19 heavy (non-hydrogen) atoms. The molecule has 0 aliphatic carbocycles. The predicted octanol–water partition coefficient (Wildman–Crippen LogP) is 3.68. The Morgan fingerprint density at radius 1 is 1.32 bits per heavy atom. The smallest absolute Gasteiger partial charge is 0.129 e. The Hall–Kier alpha value is -0.930. The Labute approximate surface area is 115 Å². The second-order valence-corrected chi connectivity index (χ2v) is 5.63. The molecule has 0 aromatic heterocycles. The van der Waals surface area contributed by atoms with E-state index in [4.69, 9.17) is 4.74 Å². The van der Waals surface area contributed by atoms with E-state index in [-0.39, 0.29) is 23.4 Å². The molecule has 0 radical (unpaired) electrons. The molecule has 2 unspecified atom stereocenters. The van der Waals surface area contributed by atoms with Crippen LogP contribution in [0, 0.1) is 11.2 Å². The summed E-state index contributed by atoms with van der Waals surface area (Å²) in [4.78, 5) is 0. The molecule has 0 amide bonds. The van der Waals surface area contributed by atoms with Gasteiger partial charge >= 0.3 is 0 Å². The summed E-state index contributed by atoms with van der Waals surface area (Å²) >= 11 is 0. The highest BCUT2D eigenvalue weighted by atomic mass is 19.1. The van der Waals surface area contributed by atoms with E-state index in [0.717, 1.165) is 19.4 Å². The second kappa shape index (κ2) is 6.02. The minimum Gasteiger partial charge on any atom is -0.371 e. The summed E-state index contributed by atoms with van der Waals surface area (Å²) in [6, 6.07) is 7.03. The van der Waals surface area contributed by atoms with Crippen LogP contribution in [-0.2, 0) is 4.74 Å². The molecule has 2 nitrogen and oxygen atoms in total. The van der Waals surface area contributed by atoms with E-state index in [9.17, 15) is 4.39 Å². The first kappa shape index (κ1) is 14.5. The lowest BCUT2D eigenvalue weighted by Gasteiger charge is -2.29. The van der Waals surface area contributed by atoms with Gasteiger partial charge in [-0.3, -0.25) is 0 Å². The molecule has 2 atom stereocenters. The molecule has 3 heteroatoms. The number of hydrogen-bond acceptors (Lipinski definition) is 2. The van der Waals surface area contributed by atoms with Crippen LogP contribution >= 0.6 is 0 Å². The quantitative estimate of drug-likeness (QED) is 0.900. The normalized spacial score (nSPS) is 26.9. The summed E-state index contributed by atoms with van der Waals surface area (Å²) in [5, 5.41) is 3.52. The zero-order valence-electron chi connectivity index (χ0n) is 12.1. The minimum atomic E-state index is -0.207. The third-order valence-electron chi connectivity index (χ3n) is 4.53. The molecule has 2 rings (SSSR count). The van der Waals surface area contributed by atoms with Crippen molar-refractivity contribution in [3.05, 3.63) is 35.6 Å². The minimum absolute atomic E-state index is 0.122. The van der Waals surface area contributed by atoms with Gasteiger partial charge in [-0.1, -0.05) is 32.0 Å². The fourth-order valence-corrected chi connectivity index (χ4v) is 2.72. The molecule has 1 aromatic rings. The number of halogens is 1. The van der Waals surface area contributed by atoms with E-state index in [1.54, 1.807) is 6.07 Å². The Morgan fingerprint density at radius 3 is 2.63 bits per heavy atom. The maximum Gasteiger partial charge on any atom is 0.129 e. The first-order valence-corrected chi connectivity index (χ1v) is 7.21. The van der Waals surface area contributed by atoms with Gasteiger partial charge in [0.1, 0.15) is 11.9 Å². The van der Waals surface area contributed by atoms with Crippen molar-refractivity contribution >= 4 is 0 Å². The van der Waals surface area contributed by atoms with Gasteiger partial charge in [0.25, 0.3) is 0 Å². The van der Waals surface area contributed by atoms with E-state index >= 15 is 0 Å². The van der Waals surface area contributed by atoms with E-state index in [1.165, 1.54) is 6.07 Å². The van der Waals surface area contributed by atoms with Gasteiger partial charge in [-0.05, 0) is 25.8 Å². The van der Waals surface area contributed by atoms with Crippen molar-refractivity contribution in [2.75, 3.05) is 13.2 Å². The lowest BCUT2D eigenvalue weighted by molar-refractivity contribution is -0.00218. The van der Waals surface area contributed by atoms with Crippen LogP contribution in [0.3, 0.4) is 0 Å². The van der Waals surface area contributed by atoms with Crippen molar-refractivity contribution in [2.24, 2.45) is 5.41 Å². The zero-order valence-corrected chi connectivity index (χ0v) is 12.1. The molecule has 1 aromatic carbocycles. The number of benzene rings is 1. The van der Waals surface area contributed by atoms with E-state index in [0.29, 0.717) is 12.2 Å².